The molecule has 1 aromatic carbocycles. The topological polar surface area (TPSA) is 15.3 Å². The fourth-order valence-corrected chi connectivity index (χ4v) is 3.34. The summed E-state index contributed by atoms with van der Waals surface area (Å²) >= 11 is 0. The predicted molar refractivity (Wildman–Crippen MR) is 80.3 cm³/mol. The van der Waals surface area contributed by atoms with Crippen molar-refractivity contribution in [3.63, 3.8) is 0 Å². The number of hydrogen-bond acceptors (Lipinski definition) is 2. The first kappa shape index (κ1) is 13.1. The minimum Gasteiger partial charge on any atom is -0.312 e. The average molecular weight is 258 g/mol. The van der Waals surface area contributed by atoms with Crippen LogP contribution in [0.1, 0.15) is 42.7 Å². The molecule has 1 saturated heterocycles. The van der Waals surface area contributed by atoms with Gasteiger partial charge in [-0.1, -0.05) is 24.3 Å². The maximum atomic E-state index is 3.69. The SMILES string of the molecule is CN1CCCC(CNCc2ccccc2C2CC2)C1. The van der Waals surface area contributed by atoms with Crippen molar-refractivity contribution in [2.75, 3.05) is 26.7 Å². The van der Waals surface area contributed by atoms with Gasteiger partial charge in [0.2, 0.25) is 0 Å². The summed E-state index contributed by atoms with van der Waals surface area (Å²) < 4.78 is 0. The highest BCUT2D eigenvalue weighted by molar-refractivity contribution is 5.33. The summed E-state index contributed by atoms with van der Waals surface area (Å²) in [4.78, 5) is 2.47. The van der Waals surface area contributed by atoms with Crippen molar-refractivity contribution in [3.8, 4) is 0 Å². The van der Waals surface area contributed by atoms with Crippen LogP contribution in [-0.2, 0) is 6.54 Å². The minimum absolute atomic E-state index is 0.840. The predicted octanol–water partition coefficient (Wildman–Crippen LogP) is 3.00. The average Bonchev–Trinajstić information content (AvgIpc) is 3.24. The van der Waals surface area contributed by atoms with E-state index in [-0.39, 0.29) is 0 Å². The quantitative estimate of drug-likeness (QED) is 0.873. The molecule has 1 saturated carbocycles. The first-order valence-corrected chi connectivity index (χ1v) is 7.80. The fourth-order valence-electron chi connectivity index (χ4n) is 3.34. The zero-order chi connectivity index (χ0) is 13.1. The summed E-state index contributed by atoms with van der Waals surface area (Å²) in [5, 5.41) is 3.69. The fraction of sp³-hybridized carbons (Fsp3) is 0.647. The van der Waals surface area contributed by atoms with Gasteiger partial charge < -0.3 is 10.2 Å². The molecule has 0 bridgehead atoms. The number of benzene rings is 1. The van der Waals surface area contributed by atoms with Gasteiger partial charge in [0.1, 0.15) is 0 Å². The maximum Gasteiger partial charge on any atom is 0.0208 e. The molecule has 104 valence electrons. The van der Waals surface area contributed by atoms with Gasteiger partial charge >= 0.3 is 0 Å². The summed E-state index contributed by atoms with van der Waals surface area (Å²) in [5.74, 6) is 1.70. The molecule has 2 fully saturated rings. The first-order chi connectivity index (χ1) is 9.33. The number of nitrogens with zero attached hydrogens (tertiary/aromatic N) is 1. The molecule has 1 N–H and O–H groups in total. The summed E-state index contributed by atoms with van der Waals surface area (Å²) in [6.45, 7) is 4.76. The van der Waals surface area contributed by atoms with Crippen LogP contribution in [0.5, 0.6) is 0 Å². The third-order valence-electron chi connectivity index (χ3n) is 4.54. The Kier molecular flexibility index (Phi) is 4.19. The van der Waals surface area contributed by atoms with Crippen LogP contribution in [-0.4, -0.2) is 31.6 Å². The number of hydrogen-bond donors (Lipinski definition) is 1. The van der Waals surface area contributed by atoms with E-state index in [9.17, 15) is 0 Å². The number of nitrogens with one attached hydrogen (secondary N) is 1. The lowest BCUT2D eigenvalue weighted by Gasteiger charge is -2.29. The molecule has 0 amide bonds. The van der Waals surface area contributed by atoms with Crippen molar-refractivity contribution in [2.24, 2.45) is 5.92 Å². The zero-order valence-corrected chi connectivity index (χ0v) is 12.1. The van der Waals surface area contributed by atoms with Crippen LogP contribution in [0.2, 0.25) is 0 Å². The third kappa shape index (κ3) is 3.58. The van der Waals surface area contributed by atoms with Crippen LogP contribution in [0.25, 0.3) is 0 Å². The van der Waals surface area contributed by atoms with Crippen LogP contribution in [0.3, 0.4) is 0 Å². The Morgan fingerprint density at radius 1 is 1.21 bits per heavy atom. The third-order valence-corrected chi connectivity index (χ3v) is 4.54. The van der Waals surface area contributed by atoms with Crippen molar-refractivity contribution in [1.82, 2.24) is 10.2 Å². The highest BCUT2D eigenvalue weighted by Gasteiger charge is 2.25. The Bertz CT molecular complexity index is 411. The molecular weight excluding hydrogens is 232 g/mol. The summed E-state index contributed by atoms with van der Waals surface area (Å²) in [6, 6.07) is 8.99. The molecule has 1 atom stereocenters. The smallest absolute Gasteiger partial charge is 0.0208 e. The number of piperidine rings is 1. The Labute approximate surface area is 117 Å². The Morgan fingerprint density at radius 2 is 2.05 bits per heavy atom. The second kappa shape index (κ2) is 6.06. The summed E-state index contributed by atoms with van der Waals surface area (Å²) in [5.41, 5.74) is 3.12. The second-order valence-electron chi connectivity index (χ2n) is 6.37. The highest BCUT2D eigenvalue weighted by atomic mass is 15.1. The lowest BCUT2D eigenvalue weighted by Crippen LogP contribution is -2.37. The minimum atomic E-state index is 0.840. The van der Waals surface area contributed by atoms with Gasteiger partial charge in [0.05, 0.1) is 0 Å². The molecule has 2 aliphatic rings. The summed E-state index contributed by atoms with van der Waals surface area (Å²) in [7, 11) is 2.24. The highest BCUT2D eigenvalue weighted by Crippen LogP contribution is 2.41. The van der Waals surface area contributed by atoms with E-state index in [1.54, 1.807) is 5.56 Å². The standard InChI is InChI=1S/C17H26N2/c1-19-10-4-5-14(13-19)11-18-12-16-6-2-3-7-17(16)15-8-9-15/h2-3,6-7,14-15,18H,4-5,8-13H2,1H3. The zero-order valence-electron chi connectivity index (χ0n) is 12.1. The van der Waals surface area contributed by atoms with Crippen LogP contribution in [0.15, 0.2) is 24.3 Å². The molecule has 2 nitrogen and oxygen atoms in total. The van der Waals surface area contributed by atoms with Crippen molar-refractivity contribution in [3.05, 3.63) is 35.4 Å². The van der Waals surface area contributed by atoms with Crippen LogP contribution < -0.4 is 5.32 Å². The lowest BCUT2D eigenvalue weighted by atomic mass is 9.98. The van der Waals surface area contributed by atoms with Gasteiger partial charge in [-0.25, -0.2) is 0 Å². The van der Waals surface area contributed by atoms with Crippen molar-refractivity contribution >= 4 is 0 Å². The second-order valence-corrected chi connectivity index (χ2v) is 6.37. The molecule has 1 aromatic rings. The van der Waals surface area contributed by atoms with Gasteiger partial charge in [0.25, 0.3) is 0 Å². The lowest BCUT2D eigenvalue weighted by molar-refractivity contribution is 0.206. The Hall–Kier alpha value is -0.860. The van der Waals surface area contributed by atoms with E-state index < -0.39 is 0 Å². The van der Waals surface area contributed by atoms with E-state index in [2.05, 4.69) is 41.5 Å². The van der Waals surface area contributed by atoms with Crippen molar-refractivity contribution in [2.45, 2.75) is 38.1 Å². The first-order valence-electron chi connectivity index (χ1n) is 7.80. The van der Waals surface area contributed by atoms with E-state index in [1.807, 2.05) is 0 Å². The van der Waals surface area contributed by atoms with Gasteiger partial charge in [-0.2, -0.15) is 0 Å². The van der Waals surface area contributed by atoms with Gasteiger partial charge in [-0.3, -0.25) is 0 Å². The van der Waals surface area contributed by atoms with Gasteiger partial charge in [0, 0.05) is 13.1 Å². The molecule has 1 aliphatic carbocycles. The van der Waals surface area contributed by atoms with E-state index >= 15 is 0 Å². The molecule has 19 heavy (non-hydrogen) atoms. The Morgan fingerprint density at radius 3 is 2.84 bits per heavy atom. The van der Waals surface area contributed by atoms with Gasteiger partial charge in [-0.05, 0) is 68.8 Å². The normalized spacial score (nSPS) is 24.6. The van der Waals surface area contributed by atoms with Crippen LogP contribution in [0, 0.1) is 5.92 Å². The molecular formula is C17H26N2. The van der Waals surface area contributed by atoms with E-state index in [1.165, 1.54) is 50.9 Å². The molecule has 3 rings (SSSR count). The van der Waals surface area contributed by atoms with Crippen molar-refractivity contribution < 1.29 is 0 Å². The molecule has 1 heterocycles. The van der Waals surface area contributed by atoms with Crippen LogP contribution in [0.4, 0.5) is 0 Å². The maximum absolute atomic E-state index is 3.69. The van der Waals surface area contributed by atoms with E-state index in [0.29, 0.717) is 0 Å². The molecule has 0 aromatic heterocycles. The molecule has 1 aliphatic heterocycles. The number of rotatable bonds is 5. The van der Waals surface area contributed by atoms with Gasteiger partial charge in [-0.15, -0.1) is 0 Å². The van der Waals surface area contributed by atoms with E-state index in [4.69, 9.17) is 0 Å². The van der Waals surface area contributed by atoms with E-state index in [0.717, 1.165) is 18.4 Å². The number of likely N-dealkylation sites (tertiary alicyclic amines) is 1. The van der Waals surface area contributed by atoms with Gasteiger partial charge in [0.15, 0.2) is 0 Å². The Balaban J connectivity index is 1.49. The summed E-state index contributed by atoms with van der Waals surface area (Å²) in [6.07, 6.45) is 5.54. The molecule has 1 unspecified atom stereocenters. The molecule has 2 heteroatoms. The molecule has 0 spiro atoms. The largest absolute Gasteiger partial charge is 0.312 e. The van der Waals surface area contributed by atoms with Crippen molar-refractivity contribution in [1.29, 1.82) is 0 Å². The monoisotopic (exact) mass is 258 g/mol. The molecule has 0 radical (unpaired) electrons. The van der Waals surface area contributed by atoms with Crippen LogP contribution >= 0.6 is 0 Å².